The van der Waals surface area contributed by atoms with Gasteiger partial charge in [0.1, 0.15) is 4.70 Å². The lowest BCUT2D eigenvalue weighted by Crippen LogP contribution is -2.23. The van der Waals surface area contributed by atoms with Crippen LogP contribution in [0.15, 0.2) is 57.8 Å². The molecule has 9 heteroatoms. The first-order chi connectivity index (χ1) is 14.8. The van der Waals surface area contributed by atoms with Crippen molar-refractivity contribution < 1.29 is 4.79 Å². The molecule has 4 rings (SSSR count). The largest absolute Gasteiger partial charge is 0.325 e. The number of rotatable bonds is 5. The van der Waals surface area contributed by atoms with E-state index in [0.717, 1.165) is 16.8 Å². The van der Waals surface area contributed by atoms with Crippen LogP contribution >= 0.6 is 46.3 Å². The van der Waals surface area contributed by atoms with Gasteiger partial charge in [-0.05, 0) is 60.7 Å². The fourth-order valence-corrected chi connectivity index (χ4v) is 5.22. The monoisotopic (exact) mass is 489 g/mol. The molecule has 0 radical (unpaired) electrons. The van der Waals surface area contributed by atoms with Gasteiger partial charge in [0.15, 0.2) is 5.16 Å². The molecule has 0 spiro atoms. The first-order valence-corrected chi connectivity index (χ1v) is 11.9. The molecule has 158 valence electrons. The Labute approximate surface area is 197 Å². The normalized spacial score (nSPS) is 11.1. The Kier molecular flexibility index (Phi) is 6.39. The minimum Gasteiger partial charge on any atom is -0.325 e. The van der Waals surface area contributed by atoms with Gasteiger partial charge >= 0.3 is 0 Å². The molecule has 0 atom stereocenters. The summed E-state index contributed by atoms with van der Waals surface area (Å²) in [5, 5.41) is 5.95. The number of carbonyl (C=O) groups excluding carboxylic acids is 1. The number of thiophene rings is 1. The Morgan fingerprint density at radius 1 is 1.16 bits per heavy atom. The number of fused-ring (bicyclic) bond motifs is 1. The van der Waals surface area contributed by atoms with Crippen molar-refractivity contribution in [3.63, 3.8) is 0 Å². The van der Waals surface area contributed by atoms with E-state index in [1.54, 1.807) is 22.8 Å². The predicted octanol–water partition coefficient (Wildman–Crippen LogP) is 6.10. The highest BCUT2D eigenvalue weighted by Crippen LogP contribution is 2.27. The molecule has 0 aliphatic heterocycles. The Morgan fingerprint density at radius 2 is 1.90 bits per heavy atom. The van der Waals surface area contributed by atoms with Crippen LogP contribution in [0.4, 0.5) is 5.69 Å². The Hall–Kier alpha value is -2.32. The molecule has 0 saturated heterocycles. The summed E-state index contributed by atoms with van der Waals surface area (Å²) in [7, 11) is 0. The summed E-state index contributed by atoms with van der Waals surface area (Å²) in [6, 6.07) is 12.5. The summed E-state index contributed by atoms with van der Waals surface area (Å²) in [4.78, 5) is 30.5. The maximum atomic E-state index is 13.3. The summed E-state index contributed by atoms with van der Waals surface area (Å²) in [6.07, 6.45) is 0. The maximum Gasteiger partial charge on any atom is 0.276 e. The molecule has 0 saturated carbocycles. The van der Waals surface area contributed by atoms with Crippen LogP contribution in [0, 0.1) is 13.8 Å². The average molecular weight is 490 g/mol. The first-order valence-electron chi connectivity index (χ1n) is 9.29. The van der Waals surface area contributed by atoms with Crippen LogP contribution in [0.2, 0.25) is 10.0 Å². The zero-order valence-electron chi connectivity index (χ0n) is 16.6. The van der Waals surface area contributed by atoms with E-state index in [2.05, 4.69) is 10.3 Å². The number of thioether (sulfide) groups is 1. The summed E-state index contributed by atoms with van der Waals surface area (Å²) >= 11 is 14.6. The SMILES string of the molecule is Cc1cccc(-n2c(SCC(=O)Nc3cc(Cl)cc(Cl)c3)nc3ccsc3c2=O)c1C. The molecule has 0 bridgehead atoms. The molecule has 1 amide bonds. The van der Waals surface area contributed by atoms with Crippen LogP contribution in [0.3, 0.4) is 0 Å². The van der Waals surface area contributed by atoms with Gasteiger partial charge in [0.05, 0.1) is 17.0 Å². The second-order valence-corrected chi connectivity index (χ2v) is 9.62. The molecule has 4 aromatic rings. The van der Waals surface area contributed by atoms with E-state index in [1.807, 2.05) is 43.5 Å². The number of anilines is 1. The van der Waals surface area contributed by atoms with Crippen molar-refractivity contribution >= 4 is 68.1 Å². The third-order valence-electron chi connectivity index (χ3n) is 4.74. The molecule has 2 aromatic heterocycles. The van der Waals surface area contributed by atoms with Crippen molar-refractivity contribution in [3.8, 4) is 5.69 Å². The third-order valence-corrected chi connectivity index (χ3v) is 7.01. The minimum atomic E-state index is -0.254. The van der Waals surface area contributed by atoms with Gasteiger partial charge in [0.2, 0.25) is 5.91 Å². The van der Waals surface area contributed by atoms with E-state index in [1.165, 1.54) is 23.1 Å². The lowest BCUT2D eigenvalue weighted by molar-refractivity contribution is -0.113. The van der Waals surface area contributed by atoms with Gasteiger partial charge in [-0.2, -0.15) is 0 Å². The topological polar surface area (TPSA) is 64.0 Å². The Balaban J connectivity index is 1.67. The summed E-state index contributed by atoms with van der Waals surface area (Å²) < 4.78 is 2.18. The molecule has 0 unspecified atom stereocenters. The highest BCUT2D eigenvalue weighted by atomic mass is 35.5. The molecular formula is C22H17Cl2N3O2S2. The number of halogens is 2. The molecule has 0 aliphatic rings. The summed E-state index contributed by atoms with van der Waals surface area (Å²) in [6.45, 7) is 3.97. The lowest BCUT2D eigenvalue weighted by Gasteiger charge is -2.15. The molecule has 31 heavy (non-hydrogen) atoms. The van der Waals surface area contributed by atoms with Crippen molar-refractivity contribution in [1.29, 1.82) is 0 Å². The van der Waals surface area contributed by atoms with Crippen LogP contribution < -0.4 is 10.9 Å². The minimum absolute atomic E-state index is 0.0665. The van der Waals surface area contributed by atoms with Gasteiger partial charge in [-0.3, -0.25) is 14.2 Å². The molecule has 2 aromatic carbocycles. The highest BCUT2D eigenvalue weighted by molar-refractivity contribution is 7.99. The van der Waals surface area contributed by atoms with Crippen molar-refractivity contribution in [3.05, 3.63) is 79.4 Å². The molecule has 0 fully saturated rings. The van der Waals surface area contributed by atoms with Crippen LogP contribution in [0.5, 0.6) is 0 Å². The van der Waals surface area contributed by atoms with Crippen molar-refractivity contribution in [2.24, 2.45) is 0 Å². The number of hydrogen-bond donors (Lipinski definition) is 1. The average Bonchev–Trinajstić information content (AvgIpc) is 3.17. The number of aryl methyl sites for hydroxylation is 1. The second kappa shape index (κ2) is 9.04. The predicted molar refractivity (Wildman–Crippen MR) is 131 cm³/mol. The number of amides is 1. The van der Waals surface area contributed by atoms with Gasteiger partial charge in [-0.15, -0.1) is 11.3 Å². The van der Waals surface area contributed by atoms with E-state index < -0.39 is 0 Å². The first kappa shape index (κ1) is 21.9. The number of nitrogens with one attached hydrogen (secondary N) is 1. The van der Waals surface area contributed by atoms with Gasteiger partial charge in [-0.1, -0.05) is 47.1 Å². The van der Waals surface area contributed by atoms with Gasteiger partial charge in [0.25, 0.3) is 5.56 Å². The highest BCUT2D eigenvalue weighted by Gasteiger charge is 2.17. The standard InChI is InChI=1S/C22H17Cl2N3O2S2/c1-12-4-3-5-18(13(12)2)27-21(29)20-17(6-7-30-20)26-22(27)31-11-19(28)25-16-9-14(23)8-15(24)10-16/h3-10H,11H2,1-2H3,(H,25,28). The summed E-state index contributed by atoms with van der Waals surface area (Å²) in [5.41, 5.74) is 3.82. The second-order valence-electron chi connectivity index (χ2n) is 6.88. The fraction of sp³-hybridized carbons (Fsp3) is 0.136. The van der Waals surface area contributed by atoms with Crippen LogP contribution in [0.25, 0.3) is 15.9 Å². The van der Waals surface area contributed by atoms with E-state index >= 15 is 0 Å². The number of benzene rings is 2. The number of nitrogens with zero attached hydrogens (tertiary/aromatic N) is 2. The van der Waals surface area contributed by atoms with Crippen LogP contribution in [-0.2, 0) is 4.79 Å². The van der Waals surface area contributed by atoms with Gasteiger partial charge in [-0.25, -0.2) is 4.98 Å². The van der Waals surface area contributed by atoms with Crippen LogP contribution in [-0.4, -0.2) is 21.2 Å². The van der Waals surface area contributed by atoms with Crippen molar-refractivity contribution in [2.75, 3.05) is 11.1 Å². The van der Waals surface area contributed by atoms with E-state index in [4.69, 9.17) is 23.2 Å². The van der Waals surface area contributed by atoms with E-state index in [9.17, 15) is 9.59 Å². The zero-order chi connectivity index (χ0) is 22.1. The van der Waals surface area contributed by atoms with E-state index in [0.29, 0.717) is 31.1 Å². The number of carbonyl (C=O) groups is 1. The van der Waals surface area contributed by atoms with Gasteiger partial charge in [0, 0.05) is 15.7 Å². The number of aromatic nitrogens is 2. The molecule has 0 aliphatic carbocycles. The quantitative estimate of drug-likeness (QED) is 0.271. The third kappa shape index (κ3) is 4.65. The van der Waals surface area contributed by atoms with Gasteiger partial charge < -0.3 is 5.32 Å². The molecule has 1 N–H and O–H groups in total. The van der Waals surface area contributed by atoms with Crippen molar-refractivity contribution in [1.82, 2.24) is 9.55 Å². The number of hydrogen-bond acceptors (Lipinski definition) is 5. The fourth-order valence-electron chi connectivity index (χ4n) is 3.13. The Morgan fingerprint density at radius 3 is 2.65 bits per heavy atom. The van der Waals surface area contributed by atoms with Crippen LogP contribution in [0.1, 0.15) is 11.1 Å². The molecular weight excluding hydrogens is 473 g/mol. The van der Waals surface area contributed by atoms with Crippen molar-refractivity contribution in [2.45, 2.75) is 19.0 Å². The summed E-state index contributed by atoms with van der Waals surface area (Å²) in [5.74, 6) is -0.188. The lowest BCUT2D eigenvalue weighted by atomic mass is 10.1. The molecule has 2 heterocycles. The molecule has 5 nitrogen and oxygen atoms in total. The van der Waals surface area contributed by atoms with E-state index in [-0.39, 0.29) is 17.2 Å². The Bertz CT molecular complexity index is 1340. The zero-order valence-corrected chi connectivity index (χ0v) is 19.8. The smallest absolute Gasteiger partial charge is 0.276 e. The maximum absolute atomic E-state index is 13.3.